The molecule has 13 heteroatoms. The summed E-state index contributed by atoms with van der Waals surface area (Å²) in [6.45, 7) is 22.4. The molecule has 0 aromatic rings. The number of hydrogen-bond donors (Lipinski definition) is 2. The van der Waals surface area contributed by atoms with Gasteiger partial charge in [-0.1, -0.05) is 81.0 Å². The predicted octanol–water partition coefficient (Wildman–Crippen LogP) is 4.19. The average molecular weight is 723 g/mol. The first-order valence-electron chi connectivity index (χ1n) is 17.7. The van der Waals surface area contributed by atoms with Crippen molar-refractivity contribution in [2.75, 3.05) is 0 Å². The van der Waals surface area contributed by atoms with Crippen LogP contribution in [-0.2, 0) is 52.5 Å². The molecule has 0 unspecified atom stereocenters. The number of Topliss-reactive ketones (excluding diaryl/α,β-unsaturated/α-hetero) is 1. The largest absolute Gasteiger partial charge is 0.458 e. The van der Waals surface area contributed by atoms with Crippen LogP contribution < -0.4 is 0 Å². The van der Waals surface area contributed by atoms with Crippen LogP contribution in [0, 0.1) is 35.0 Å². The summed E-state index contributed by atoms with van der Waals surface area (Å²) in [6.07, 6.45) is -5.20. The van der Waals surface area contributed by atoms with Crippen LogP contribution >= 0.6 is 0 Å². The van der Waals surface area contributed by atoms with Crippen molar-refractivity contribution in [2.24, 2.45) is 35.0 Å². The molecule has 0 radical (unpaired) electrons. The molecular formula is C38H58O13. The maximum atomic E-state index is 14.5. The highest BCUT2D eigenvalue weighted by Gasteiger charge is 2.68. The standard InChI is InChI=1S/C38H58O13/c1-14-20(5)34(44)49-27-23(8)28(50-33(43)19(3)4)29(47-24(9)39)32(48-25(10)40)36(11,12)17-16-22(7)30(41)38(46)18-37(13,31(42)26(27)38)51-35(45)21(6)15-2/h16-17,19-22,26-29,31-32,42,46H,8,14-15,18H2,1-7,9-13H3/b17-16+/t20-,21-,22-,26-,27-,28-,29+,31+,32+,37+,38+/m0/s1. The van der Waals surface area contributed by atoms with Crippen molar-refractivity contribution in [3.05, 3.63) is 24.3 Å². The third kappa shape index (κ3) is 9.65. The quantitative estimate of drug-likeness (QED) is 0.186. The number of carbonyl (C=O) groups is 6. The molecule has 2 aliphatic carbocycles. The second kappa shape index (κ2) is 16.8. The molecule has 13 nitrogen and oxygen atoms in total. The Bertz CT molecular complexity index is 1380. The minimum absolute atomic E-state index is 0.287. The molecule has 0 aromatic heterocycles. The molecule has 0 aromatic carbocycles. The van der Waals surface area contributed by atoms with Crippen molar-refractivity contribution in [2.45, 2.75) is 144 Å². The van der Waals surface area contributed by atoms with Gasteiger partial charge in [-0.05, 0) is 19.8 Å². The molecule has 288 valence electrons. The van der Waals surface area contributed by atoms with Crippen LogP contribution in [0.2, 0.25) is 0 Å². The molecule has 1 fully saturated rings. The first-order chi connectivity index (χ1) is 23.4. The third-order valence-electron chi connectivity index (χ3n) is 10.1. The number of rotatable bonds is 10. The van der Waals surface area contributed by atoms with Gasteiger partial charge < -0.3 is 33.9 Å². The van der Waals surface area contributed by atoms with Crippen LogP contribution in [0.3, 0.4) is 0 Å². The summed E-state index contributed by atoms with van der Waals surface area (Å²) in [7, 11) is 0. The minimum atomic E-state index is -2.51. The van der Waals surface area contributed by atoms with Gasteiger partial charge in [-0.15, -0.1) is 0 Å². The number of ketones is 1. The molecule has 51 heavy (non-hydrogen) atoms. The van der Waals surface area contributed by atoms with Crippen LogP contribution in [0.5, 0.6) is 0 Å². The van der Waals surface area contributed by atoms with Crippen LogP contribution in [0.1, 0.15) is 102 Å². The molecule has 0 aliphatic heterocycles. The van der Waals surface area contributed by atoms with Gasteiger partial charge in [-0.3, -0.25) is 28.8 Å². The molecular weight excluding hydrogens is 664 g/mol. The molecule has 0 bridgehead atoms. The number of aliphatic hydroxyl groups is 2. The van der Waals surface area contributed by atoms with Gasteiger partial charge >= 0.3 is 29.8 Å². The predicted molar refractivity (Wildman–Crippen MR) is 184 cm³/mol. The molecule has 0 saturated heterocycles. The van der Waals surface area contributed by atoms with Crippen LogP contribution in [0.4, 0.5) is 0 Å². The Labute approximate surface area is 301 Å². The highest BCUT2D eigenvalue weighted by molar-refractivity contribution is 5.92. The average Bonchev–Trinajstić information content (AvgIpc) is 3.24. The van der Waals surface area contributed by atoms with E-state index in [0.717, 1.165) is 13.8 Å². The molecule has 2 rings (SSSR count). The molecule has 0 amide bonds. The Morgan fingerprint density at radius 2 is 1.37 bits per heavy atom. The fourth-order valence-electron chi connectivity index (χ4n) is 6.49. The zero-order valence-electron chi connectivity index (χ0n) is 32.1. The molecule has 0 heterocycles. The lowest BCUT2D eigenvalue weighted by molar-refractivity contribution is -0.193. The number of fused-ring (bicyclic) bond motifs is 1. The molecule has 11 atom stereocenters. The van der Waals surface area contributed by atoms with Crippen molar-refractivity contribution < 1.29 is 62.7 Å². The number of ether oxygens (including phenoxy) is 5. The Morgan fingerprint density at radius 1 is 0.863 bits per heavy atom. The fraction of sp³-hybridized carbons (Fsp3) is 0.737. The highest BCUT2D eigenvalue weighted by atomic mass is 16.6. The lowest BCUT2D eigenvalue weighted by atomic mass is 9.72. The van der Waals surface area contributed by atoms with E-state index in [1.165, 1.54) is 19.9 Å². The van der Waals surface area contributed by atoms with Gasteiger partial charge in [0, 0.05) is 37.2 Å². The fourth-order valence-corrected chi connectivity index (χ4v) is 6.49. The SMILES string of the molecule is C=C1[C@H](OC(=O)C(C)C)[C@@H](OC(C)=O)[C@@H](OC(C)=O)C(C)(C)/C=C/[C@H](C)C(=O)[C@@]2(O)C[C@@](C)(OC(=O)[C@@H](C)CC)[C@H](O)[C@@H]2[C@H]1OC(=O)[C@@H](C)CC. The number of esters is 5. The highest BCUT2D eigenvalue weighted by Crippen LogP contribution is 2.51. The van der Waals surface area contributed by atoms with E-state index in [1.54, 1.807) is 61.5 Å². The van der Waals surface area contributed by atoms with E-state index in [9.17, 15) is 39.0 Å². The minimum Gasteiger partial charge on any atom is -0.458 e. The van der Waals surface area contributed by atoms with E-state index < -0.39 is 119 Å². The van der Waals surface area contributed by atoms with Gasteiger partial charge in [0.05, 0.1) is 23.7 Å². The number of carbonyl (C=O) groups excluding carboxylic acids is 6. The Kier molecular flexibility index (Phi) is 14.4. The van der Waals surface area contributed by atoms with Crippen molar-refractivity contribution in [3.8, 4) is 0 Å². The Morgan fingerprint density at radius 3 is 1.86 bits per heavy atom. The van der Waals surface area contributed by atoms with E-state index in [4.69, 9.17) is 23.7 Å². The van der Waals surface area contributed by atoms with Crippen molar-refractivity contribution in [1.29, 1.82) is 0 Å². The monoisotopic (exact) mass is 722 g/mol. The summed E-state index contributed by atoms with van der Waals surface area (Å²) in [5.41, 5.74) is -5.91. The summed E-state index contributed by atoms with van der Waals surface area (Å²) >= 11 is 0. The Hall–Kier alpha value is -3.58. The van der Waals surface area contributed by atoms with E-state index >= 15 is 0 Å². The van der Waals surface area contributed by atoms with Crippen molar-refractivity contribution in [3.63, 3.8) is 0 Å². The van der Waals surface area contributed by atoms with Crippen LogP contribution in [-0.4, -0.2) is 87.6 Å². The summed E-state index contributed by atoms with van der Waals surface area (Å²) < 4.78 is 29.4. The second-order valence-electron chi connectivity index (χ2n) is 15.3. The summed E-state index contributed by atoms with van der Waals surface area (Å²) in [6, 6.07) is 0. The first-order valence-corrected chi connectivity index (χ1v) is 17.7. The van der Waals surface area contributed by atoms with Gasteiger partial charge in [0.2, 0.25) is 0 Å². The maximum absolute atomic E-state index is 14.5. The van der Waals surface area contributed by atoms with E-state index in [1.807, 2.05) is 0 Å². The zero-order chi connectivity index (χ0) is 39.4. The van der Waals surface area contributed by atoms with E-state index in [-0.39, 0.29) is 5.57 Å². The molecule has 0 spiro atoms. The third-order valence-corrected chi connectivity index (χ3v) is 10.1. The van der Waals surface area contributed by atoms with Crippen molar-refractivity contribution in [1.82, 2.24) is 0 Å². The molecule has 1 saturated carbocycles. The van der Waals surface area contributed by atoms with Gasteiger partial charge in [-0.25, -0.2) is 0 Å². The van der Waals surface area contributed by atoms with Gasteiger partial charge in [0.25, 0.3) is 0 Å². The van der Waals surface area contributed by atoms with Crippen LogP contribution in [0.15, 0.2) is 24.3 Å². The summed E-state index contributed by atoms with van der Waals surface area (Å²) in [4.78, 5) is 79.9. The number of hydrogen-bond acceptors (Lipinski definition) is 13. The van der Waals surface area contributed by atoms with Crippen LogP contribution in [0.25, 0.3) is 0 Å². The van der Waals surface area contributed by atoms with Gasteiger partial charge in [-0.2, -0.15) is 0 Å². The number of aliphatic hydroxyl groups excluding tert-OH is 1. The lowest BCUT2D eigenvalue weighted by Gasteiger charge is -2.43. The van der Waals surface area contributed by atoms with Gasteiger partial charge in [0.1, 0.15) is 23.4 Å². The first kappa shape index (κ1) is 43.6. The Balaban J connectivity index is 3.12. The zero-order valence-corrected chi connectivity index (χ0v) is 32.1. The normalized spacial score (nSPS) is 34.1. The summed E-state index contributed by atoms with van der Waals surface area (Å²) in [5, 5.41) is 24.7. The number of allylic oxidation sites excluding steroid dienone is 1. The van der Waals surface area contributed by atoms with E-state index in [2.05, 4.69) is 6.58 Å². The smallest absolute Gasteiger partial charge is 0.309 e. The van der Waals surface area contributed by atoms with E-state index in [0.29, 0.717) is 12.8 Å². The maximum Gasteiger partial charge on any atom is 0.309 e. The van der Waals surface area contributed by atoms with Crippen molar-refractivity contribution >= 4 is 35.6 Å². The molecule has 2 aliphatic rings. The summed E-state index contributed by atoms with van der Waals surface area (Å²) in [5.74, 6) is -9.54. The topological polar surface area (TPSA) is 189 Å². The second-order valence-corrected chi connectivity index (χ2v) is 15.3. The van der Waals surface area contributed by atoms with Gasteiger partial charge in [0.15, 0.2) is 24.1 Å². The molecule has 2 N–H and O–H groups in total. The lowest BCUT2D eigenvalue weighted by Crippen LogP contribution is -2.58.